The lowest BCUT2D eigenvalue weighted by molar-refractivity contribution is 0.103. The van der Waals surface area contributed by atoms with Crippen molar-refractivity contribution in [2.24, 2.45) is 7.05 Å². The van der Waals surface area contributed by atoms with E-state index in [2.05, 4.69) is 71.5 Å². The number of fused-ring (bicyclic) bond motifs is 5. The van der Waals surface area contributed by atoms with Crippen molar-refractivity contribution in [3.8, 4) is 0 Å². The Bertz CT molecular complexity index is 1090. The first kappa shape index (κ1) is 17.0. The largest absolute Gasteiger partial charge is 0.394 e. The fourth-order valence-corrected chi connectivity index (χ4v) is 3.73. The Hall–Kier alpha value is -2.40. The maximum atomic E-state index is 9.57. The van der Waals surface area contributed by atoms with Crippen LogP contribution in [0.5, 0.6) is 0 Å². The van der Waals surface area contributed by atoms with Crippen LogP contribution in [0.2, 0.25) is 0 Å². The molecule has 4 nitrogen and oxygen atoms in total. The van der Waals surface area contributed by atoms with Gasteiger partial charge in [-0.3, -0.25) is 0 Å². The number of aromatic nitrogens is 1. The van der Waals surface area contributed by atoms with Crippen LogP contribution in [-0.2, 0) is 13.6 Å². The molecular formula is C22H24N2O2. The maximum absolute atomic E-state index is 9.57. The van der Waals surface area contributed by atoms with E-state index in [4.69, 9.17) is 0 Å². The highest BCUT2D eigenvalue weighted by Gasteiger charge is 2.22. The van der Waals surface area contributed by atoms with Crippen molar-refractivity contribution in [2.45, 2.75) is 19.0 Å². The average Bonchev–Trinajstić information content (AvgIpc) is 2.98. The first-order valence-corrected chi connectivity index (χ1v) is 8.92. The first-order chi connectivity index (χ1) is 12.6. The summed E-state index contributed by atoms with van der Waals surface area (Å²) in [6.07, 6.45) is 0. The Morgan fingerprint density at radius 1 is 0.885 bits per heavy atom. The van der Waals surface area contributed by atoms with Crippen LogP contribution in [0.25, 0.3) is 32.6 Å². The minimum absolute atomic E-state index is 0.113. The predicted molar refractivity (Wildman–Crippen MR) is 107 cm³/mol. The Balaban J connectivity index is 1.96. The van der Waals surface area contributed by atoms with Gasteiger partial charge < -0.3 is 20.1 Å². The van der Waals surface area contributed by atoms with Gasteiger partial charge in [-0.25, -0.2) is 0 Å². The monoisotopic (exact) mass is 348 g/mol. The second kappa shape index (κ2) is 6.40. The van der Waals surface area contributed by atoms with E-state index in [1.54, 1.807) is 0 Å². The summed E-state index contributed by atoms with van der Waals surface area (Å²) in [7, 11) is 2.11. The number of hydrogen-bond donors (Lipinski definition) is 3. The quantitative estimate of drug-likeness (QED) is 0.519. The van der Waals surface area contributed by atoms with Crippen molar-refractivity contribution >= 4 is 32.6 Å². The van der Waals surface area contributed by atoms with Gasteiger partial charge in [-0.15, -0.1) is 0 Å². The zero-order valence-electron chi connectivity index (χ0n) is 15.2. The number of aryl methyl sites for hydroxylation is 1. The van der Waals surface area contributed by atoms with Gasteiger partial charge in [0, 0.05) is 35.3 Å². The van der Waals surface area contributed by atoms with Crippen LogP contribution in [0, 0.1) is 0 Å². The maximum Gasteiger partial charge on any atom is 0.0633 e. The highest BCUT2D eigenvalue weighted by atomic mass is 16.3. The number of aliphatic hydroxyl groups excluding tert-OH is 2. The standard InChI is InChI=1S/C22H24N2O2/c1-22(13-25,14-26)23-12-15-11-19-17-8-5-6-10-20(17)24(2)21(19)18-9-4-3-7-16(15)18/h3-11,23,25-26H,12-14H2,1-2H3. The number of hydrogen-bond acceptors (Lipinski definition) is 3. The Kier molecular flexibility index (Phi) is 4.19. The molecule has 1 aromatic heterocycles. The van der Waals surface area contributed by atoms with E-state index >= 15 is 0 Å². The molecule has 0 aliphatic rings. The lowest BCUT2D eigenvalue weighted by atomic mass is 9.98. The second-order valence-corrected chi connectivity index (χ2v) is 7.28. The molecule has 0 fully saturated rings. The SMILES string of the molecule is Cn1c2ccccc2c2cc(CNC(C)(CO)CO)c3ccccc3c21. The summed E-state index contributed by atoms with van der Waals surface area (Å²) in [5, 5.41) is 27.3. The highest BCUT2D eigenvalue weighted by molar-refractivity contribution is 6.18. The predicted octanol–water partition coefficient (Wildman–Crippen LogP) is 3.32. The number of benzene rings is 3. The van der Waals surface area contributed by atoms with Gasteiger partial charge in [-0.1, -0.05) is 42.5 Å². The summed E-state index contributed by atoms with van der Waals surface area (Å²) >= 11 is 0. The van der Waals surface area contributed by atoms with Gasteiger partial charge in [0.2, 0.25) is 0 Å². The van der Waals surface area contributed by atoms with E-state index in [0.717, 1.165) is 5.56 Å². The lowest BCUT2D eigenvalue weighted by Gasteiger charge is -2.26. The number of nitrogens with one attached hydrogen (secondary N) is 1. The van der Waals surface area contributed by atoms with E-state index in [9.17, 15) is 10.2 Å². The van der Waals surface area contributed by atoms with Crippen LogP contribution in [0.1, 0.15) is 12.5 Å². The summed E-state index contributed by atoms with van der Waals surface area (Å²) in [4.78, 5) is 0. The molecule has 0 atom stereocenters. The van der Waals surface area contributed by atoms with Gasteiger partial charge in [0.05, 0.1) is 24.3 Å². The van der Waals surface area contributed by atoms with E-state index < -0.39 is 5.54 Å². The smallest absolute Gasteiger partial charge is 0.0633 e. The minimum atomic E-state index is -0.700. The average molecular weight is 348 g/mol. The molecule has 0 unspecified atom stereocenters. The molecular weight excluding hydrogens is 324 g/mol. The molecule has 0 spiro atoms. The van der Waals surface area contributed by atoms with Crippen molar-refractivity contribution in [1.29, 1.82) is 0 Å². The van der Waals surface area contributed by atoms with Crippen molar-refractivity contribution in [1.82, 2.24) is 9.88 Å². The zero-order chi connectivity index (χ0) is 18.3. The van der Waals surface area contributed by atoms with Crippen molar-refractivity contribution in [2.75, 3.05) is 13.2 Å². The normalized spacial score (nSPS) is 12.5. The molecule has 4 rings (SSSR count). The molecule has 4 heteroatoms. The molecule has 0 radical (unpaired) electrons. The van der Waals surface area contributed by atoms with Gasteiger partial charge in [-0.2, -0.15) is 0 Å². The molecule has 0 aliphatic heterocycles. The van der Waals surface area contributed by atoms with Crippen LogP contribution in [0.3, 0.4) is 0 Å². The summed E-state index contributed by atoms with van der Waals surface area (Å²) in [5.74, 6) is 0. The third kappa shape index (κ3) is 2.58. The molecule has 3 aromatic carbocycles. The van der Waals surface area contributed by atoms with Crippen LogP contribution in [-0.4, -0.2) is 33.5 Å². The van der Waals surface area contributed by atoms with Crippen LogP contribution >= 0.6 is 0 Å². The van der Waals surface area contributed by atoms with E-state index in [0.29, 0.717) is 6.54 Å². The third-order valence-corrected chi connectivity index (χ3v) is 5.40. The number of nitrogens with zero attached hydrogens (tertiary/aromatic N) is 1. The molecule has 0 saturated carbocycles. The molecule has 0 aliphatic carbocycles. The molecule has 0 amide bonds. The summed E-state index contributed by atoms with van der Waals surface area (Å²) in [6.45, 7) is 2.18. The topological polar surface area (TPSA) is 57.4 Å². The van der Waals surface area contributed by atoms with Gasteiger partial charge in [0.15, 0.2) is 0 Å². The molecule has 4 aromatic rings. The molecule has 0 bridgehead atoms. The fraction of sp³-hybridized carbons (Fsp3) is 0.273. The van der Waals surface area contributed by atoms with Crippen LogP contribution < -0.4 is 5.32 Å². The van der Waals surface area contributed by atoms with Crippen molar-refractivity contribution < 1.29 is 10.2 Å². The minimum Gasteiger partial charge on any atom is -0.394 e. The fourth-order valence-electron chi connectivity index (χ4n) is 3.73. The van der Waals surface area contributed by atoms with E-state index in [-0.39, 0.29) is 13.2 Å². The number of para-hydroxylation sites is 1. The Labute approximate surface area is 152 Å². The summed E-state index contributed by atoms with van der Waals surface area (Å²) in [5.41, 5.74) is 2.91. The molecule has 0 saturated heterocycles. The van der Waals surface area contributed by atoms with Crippen LogP contribution in [0.15, 0.2) is 54.6 Å². The van der Waals surface area contributed by atoms with Gasteiger partial charge >= 0.3 is 0 Å². The molecule has 1 heterocycles. The second-order valence-electron chi connectivity index (χ2n) is 7.28. The lowest BCUT2D eigenvalue weighted by Crippen LogP contribution is -2.48. The Morgan fingerprint density at radius 3 is 2.19 bits per heavy atom. The zero-order valence-corrected chi connectivity index (χ0v) is 15.2. The van der Waals surface area contributed by atoms with Crippen molar-refractivity contribution in [3.05, 3.63) is 60.2 Å². The van der Waals surface area contributed by atoms with Crippen molar-refractivity contribution in [3.63, 3.8) is 0 Å². The van der Waals surface area contributed by atoms with Gasteiger partial charge in [0.25, 0.3) is 0 Å². The first-order valence-electron chi connectivity index (χ1n) is 8.92. The summed E-state index contributed by atoms with van der Waals surface area (Å²) < 4.78 is 2.26. The molecule has 134 valence electrons. The van der Waals surface area contributed by atoms with E-state index in [1.165, 1.54) is 32.6 Å². The van der Waals surface area contributed by atoms with Gasteiger partial charge in [-0.05, 0) is 30.0 Å². The third-order valence-electron chi connectivity index (χ3n) is 5.40. The Morgan fingerprint density at radius 2 is 1.50 bits per heavy atom. The van der Waals surface area contributed by atoms with Gasteiger partial charge in [0.1, 0.15) is 0 Å². The number of aliphatic hydroxyl groups is 2. The molecule has 3 N–H and O–H groups in total. The number of rotatable bonds is 5. The summed E-state index contributed by atoms with van der Waals surface area (Å²) in [6, 6.07) is 19.1. The highest BCUT2D eigenvalue weighted by Crippen LogP contribution is 2.35. The van der Waals surface area contributed by atoms with E-state index in [1.807, 2.05) is 6.92 Å². The van der Waals surface area contributed by atoms with Crippen LogP contribution in [0.4, 0.5) is 0 Å². The molecule has 26 heavy (non-hydrogen) atoms.